The highest BCUT2D eigenvalue weighted by atomic mass is 16.5. The maximum absolute atomic E-state index is 11.4. The summed E-state index contributed by atoms with van der Waals surface area (Å²) in [5.41, 5.74) is 1.37. The van der Waals surface area contributed by atoms with Crippen LogP contribution in [0.2, 0.25) is 0 Å². The van der Waals surface area contributed by atoms with Gasteiger partial charge in [0.15, 0.2) is 6.10 Å². The molecular formula is C21H26O6. The van der Waals surface area contributed by atoms with Crippen LogP contribution in [-0.4, -0.2) is 35.0 Å². The van der Waals surface area contributed by atoms with E-state index in [-0.39, 0.29) is 12.7 Å². The average Bonchev–Trinajstić information content (AvgIpc) is 2.64. The normalized spacial score (nSPS) is 13.2. The standard InChI is InChI=1S/C21H26O6/c1-4-25-20(21(23)24)19(22)17-11-10-16(12-18(17)27-14(2)3)26-13-15-8-6-5-7-9-15/h5-12,14,19-20,22H,4,13H2,1-3H3,(H,23,24). The van der Waals surface area contributed by atoms with Gasteiger partial charge in [-0.05, 0) is 38.5 Å². The summed E-state index contributed by atoms with van der Waals surface area (Å²) in [6.07, 6.45) is -2.89. The summed E-state index contributed by atoms with van der Waals surface area (Å²) in [6, 6.07) is 14.7. The number of aliphatic carboxylic acids is 1. The van der Waals surface area contributed by atoms with Crippen LogP contribution >= 0.6 is 0 Å². The minimum absolute atomic E-state index is 0.157. The van der Waals surface area contributed by atoms with E-state index in [9.17, 15) is 15.0 Å². The lowest BCUT2D eigenvalue weighted by Gasteiger charge is -2.23. The molecule has 6 heteroatoms. The van der Waals surface area contributed by atoms with Crippen molar-refractivity contribution < 1.29 is 29.2 Å². The lowest BCUT2D eigenvalue weighted by molar-refractivity contribution is -0.158. The number of hydrogen-bond donors (Lipinski definition) is 2. The molecule has 2 N–H and O–H groups in total. The molecule has 0 saturated carbocycles. The van der Waals surface area contributed by atoms with Gasteiger partial charge < -0.3 is 24.4 Å². The first-order chi connectivity index (χ1) is 12.9. The van der Waals surface area contributed by atoms with Crippen molar-refractivity contribution in [2.24, 2.45) is 0 Å². The van der Waals surface area contributed by atoms with Crippen molar-refractivity contribution in [1.29, 1.82) is 0 Å². The van der Waals surface area contributed by atoms with E-state index in [1.165, 1.54) is 0 Å². The van der Waals surface area contributed by atoms with Crippen LogP contribution in [0.4, 0.5) is 0 Å². The second-order valence-corrected chi connectivity index (χ2v) is 6.30. The highest BCUT2D eigenvalue weighted by Gasteiger charge is 2.31. The van der Waals surface area contributed by atoms with Gasteiger partial charge in [0.1, 0.15) is 24.2 Å². The van der Waals surface area contributed by atoms with E-state index in [1.54, 1.807) is 25.1 Å². The third-order valence-electron chi connectivity index (χ3n) is 3.79. The summed E-state index contributed by atoms with van der Waals surface area (Å²) in [4.78, 5) is 11.4. The van der Waals surface area contributed by atoms with Gasteiger partial charge in [0.25, 0.3) is 0 Å². The summed E-state index contributed by atoms with van der Waals surface area (Å²) < 4.78 is 16.8. The van der Waals surface area contributed by atoms with Crippen LogP contribution in [-0.2, 0) is 16.1 Å². The maximum Gasteiger partial charge on any atom is 0.335 e. The zero-order valence-electron chi connectivity index (χ0n) is 15.8. The lowest BCUT2D eigenvalue weighted by Crippen LogP contribution is -2.31. The van der Waals surface area contributed by atoms with Crippen molar-refractivity contribution in [3.63, 3.8) is 0 Å². The molecule has 0 saturated heterocycles. The molecule has 0 heterocycles. The third-order valence-corrected chi connectivity index (χ3v) is 3.79. The van der Waals surface area contributed by atoms with Crippen molar-refractivity contribution in [1.82, 2.24) is 0 Å². The summed E-state index contributed by atoms with van der Waals surface area (Å²) in [6.45, 7) is 5.94. The number of carbonyl (C=O) groups is 1. The number of carboxylic acids is 1. The number of hydrogen-bond acceptors (Lipinski definition) is 5. The van der Waals surface area contributed by atoms with Crippen LogP contribution in [0, 0.1) is 0 Å². The number of aliphatic hydroxyl groups excluding tert-OH is 1. The second kappa shape index (κ2) is 9.94. The largest absolute Gasteiger partial charge is 0.490 e. The van der Waals surface area contributed by atoms with Gasteiger partial charge in [-0.15, -0.1) is 0 Å². The van der Waals surface area contributed by atoms with Crippen molar-refractivity contribution in [2.45, 2.75) is 45.7 Å². The minimum Gasteiger partial charge on any atom is -0.490 e. The van der Waals surface area contributed by atoms with Crippen LogP contribution in [0.1, 0.15) is 38.0 Å². The molecule has 2 unspecified atom stereocenters. The molecular weight excluding hydrogens is 348 g/mol. The summed E-state index contributed by atoms with van der Waals surface area (Å²) in [5, 5.41) is 19.9. The fraction of sp³-hybridized carbons (Fsp3) is 0.381. The molecule has 0 aromatic heterocycles. The van der Waals surface area contributed by atoms with Crippen LogP contribution in [0.3, 0.4) is 0 Å². The van der Waals surface area contributed by atoms with E-state index in [2.05, 4.69) is 0 Å². The Labute approximate surface area is 159 Å². The van der Waals surface area contributed by atoms with Gasteiger partial charge >= 0.3 is 5.97 Å². The van der Waals surface area contributed by atoms with E-state index in [4.69, 9.17) is 14.2 Å². The molecule has 0 aliphatic heterocycles. The minimum atomic E-state index is -1.37. The van der Waals surface area contributed by atoms with Crippen molar-refractivity contribution in [2.75, 3.05) is 6.61 Å². The number of carboxylic acid groups (broad SMARTS) is 1. The molecule has 0 amide bonds. The highest BCUT2D eigenvalue weighted by molar-refractivity contribution is 5.73. The molecule has 146 valence electrons. The Morgan fingerprint density at radius 2 is 1.81 bits per heavy atom. The Morgan fingerprint density at radius 3 is 2.41 bits per heavy atom. The molecule has 2 aromatic carbocycles. The first kappa shape index (κ1) is 20.7. The van der Waals surface area contributed by atoms with Gasteiger partial charge in [-0.3, -0.25) is 0 Å². The van der Waals surface area contributed by atoms with Gasteiger partial charge in [0, 0.05) is 18.2 Å². The van der Waals surface area contributed by atoms with Crippen LogP contribution in [0.25, 0.3) is 0 Å². The SMILES string of the molecule is CCOC(C(=O)O)C(O)c1ccc(OCc2ccccc2)cc1OC(C)C. The molecule has 27 heavy (non-hydrogen) atoms. The molecule has 0 radical (unpaired) electrons. The Balaban J connectivity index is 2.24. The Kier molecular flexibility index (Phi) is 7.64. The van der Waals surface area contributed by atoms with Crippen molar-refractivity contribution in [3.05, 3.63) is 59.7 Å². The number of aliphatic hydroxyl groups is 1. The molecule has 0 aliphatic rings. The smallest absolute Gasteiger partial charge is 0.335 e. The zero-order chi connectivity index (χ0) is 19.8. The van der Waals surface area contributed by atoms with E-state index in [1.807, 2.05) is 44.2 Å². The molecule has 2 atom stereocenters. The predicted molar refractivity (Wildman–Crippen MR) is 101 cm³/mol. The van der Waals surface area contributed by atoms with Gasteiger partial charge in [-0.2, -0.15) is 0 Å². The summed E-state index contributed by atoms with van der Waals surface area (Å²) >= 11 is 0. The van der Waals surface area contributed by atoms with E-state index < -0.39 is 18.2 Å². The maximum atomic E-state index is 11.4. The quantitative estimate of drug-likeness (QED) is 0.661. The molecule has 2 aromatic rings. The predicted octanol–water partition coefficient (Wildman–Crippen LogP) is 3.58. The number of ether oxygens (including phenoxy) is 3. The lowest BCUT2D eigenvalue weighted by atomic mass is 10.0. The van der Waals surface area contributed by atoms with Gasteiger partial charge in [0.2, 0.25) is 0 Å². The van der Waals surface area contributed by atoms with E-state index in [0.717, 1.165) is 5.56 Å². The Bertz CT molecular complexity index is 729. The topological polar surface area (TPSA) is 85.2 Å². The first-order valence-electron chi connectivity index (χ1n) is 8.92. The Hall–Kier alpha value is -2.57. The molecule has 0 bridgehead atoms. The highest BCUT2D eigenvalue weighted by Crippen LogP contribution is 2.33. The third kappa shape index (κ3) is 5.98. The van der Waals surface area contributed by atoms with Gasteiger partial charge in [-0.25, -0.2) is 4.79 Å². The summed E-state index contributed by atoms with van der Waals surface area (Å²) in [5.74, 6) is -0.299. The first-order valence-corrected chi connectivity index (χ1v) is 8.92. The average molecular weight is 374 g/mol. The molecule has 0 spiro atoms. The van der Waals surface area contributed by atoms with Crippen LogP contribution < -0.4 is 9.47 Å². The number of benzene rings is 2. The zero-order valence-corrected chi connectivity index (χ0v) is 15.8. The molecule has 0 fully saturated rings. The molecule has 2 rings (SSSR count). The fourth-order valence-corrected chi connectivity index (χ4v) is 2.59. The van der Waals surface area contributed by atoms with Crippen LogP contribution in [0.5, 0.6) is 11.5 Å². The van der Waals surface area contributed by atoms with Crippen molar-refractivity contribution >= 4 is 5.97 Å². The molecule has 6 nitrogen and oxygen atoms in total. The monoisotopic (exact) mass is 374 g/mol. The van der Waals surface area contributed by atoms with Crippen molar-refractivity contribution in [3.8, 4) is 11.5 Å². The fourth-order valence-electron chi connectivity index (χ4n) is 2.59. The Morgan fingerprint density at radius 1 is 1.11 bits per heavy atom. The molecule has 0 aliphatic carbocycles. The second-order valence-electron chi connectivity index (χ2n) is 6.30. The van der Waals surface area contributed by atoms with Gasteiger partial charge in [0.05, 0.1) is 6.10 Å². The van der Waals surface area contributed by atoms with E-state index in [0.29, 0.717) is 23.7 Å². The van der Waals surface area contributed by atoms with E-state index >= 15 is 0 Å². The van der Waals surface area contributed by atoms with Gasteiger partial charge in [-0.1, -0.05) is 30.3 Å². The summed E-state index contributed by atoms with van der Waals surface area (Å²) in [7, 11) is 0. The number of rotatable bonds is 10. The van der Waals surface area contributed by atoms with Crippen LogP contribution in [0.15, 0.2) is 48.5 Å².